The molecule has 0 aliphatic carbocycles. The van der Waals surface area contributed by atoms with Crippen LogP contribution >= 0.6 is 0 Å². The lowest BCUT2D eigenvalue weighted by atomic mass is 10.1. The van der Waals surface area contributed by atoms with E-state index in [1.807, 2.05) is 13.8 Å². The van der Waals surface area contributed by atoms with E-state index < -0.39 is 21.7 Å². The van der Waals surface area contributed by atoms with Gasteiger partial charge in [0.25, 0.3) is 5.91 Å². The van der Waals surface area contributed by atoms with E-state index in [0.717, 1.165) is 12.8 Å². The molecule has 1 saturated heterocycles. The summed E-state index contributed by atoms with van der Waals surface area (Å²) in [5, 5.41) is 0. The number of nitrogens with two attached hydrogens (primary N) is 1. The predicted octanol–water partition coefficient (Wildman–Crippen LogP) is 0.758. The Kier molecular flexibility index (Phi) is 3.66. The van der Waals surface area contributed by atoms with Crippen molar-refractivity contribution in [2.45, 2.75) is 32.7 Å². The predicted molar refractivity (Wildman–Crippen MR) is 57.4 cm³/mol. The van der Waals surface area contributed by atoms with Crippen LogP contribution in [0.1, 0.15) is 26.7 Å². The minimum atomic E-state index is -2.24. The Morgan fingerprint density at radius 1 is 1.36 bits per heavy atom. The zero-order valence-electron chi connectivity index (χ0n) is 8.73. The molecule has 2 N–H and O–H groups in total. The molecule has 1 atom stereocenters. The molecule has 0 aromatic carbocycles. The molecular formula is C9H18N2O2S. The number of carbonyl (C=O) groups is 1. The summed E-state index contributed by atoms with van der Waals surface area (Å²) >= 11 is 0. The highest BCUT2D eigenvalue weighted by molar-refractivity contribution is 7.94. The average molecular weight is 218 g/mol. The normalized spacial score (nSPS) is 22.3. The van der Waals surface area contributed by atoms with E-state index in [-0.39, 0.29) is 5.92 Å². The molecule has 4 nitrogen and oxygen atoms in total. The van der Waals surface area contributed by atoms with Gasteiger partial charge in [0.05, 0.1) is 15.8 Å². The van der Waals surface area contributed by atoms with Gasteiger partial charge in [0.2, 0.25) is 0 Å². The molecule has 1 heterocycles. The summed E-state index contributed by atoms with van der Waals surface area (Å²) < 4.78 is 15.7. The van der Waals surface area contributed by atoms with Crippen molar-refractivity contribution in [2.24, 2.45) is 16.0 Å². The van der Waals surface area contributed by atoms with Crippen LogP contribution in [0.25, 0.3) is 0 Å². The smallest absolute Gasteiger partial charge is 0.270 e. The van der Waals surface area contributed by atoms with Crippen LogP contribution in [0.2, 0.25) is 0 Å². The maximum absolute atomic E-state index is 11.9. The van der Waals surface area contributed by atoms with Crippen LogP contribution in [0.15, 0.2) is 4.36 Å². The number of nitrogens with zero attached hydrogens (tertiary/aromatic N) is 1. The SMILES string of the molecule is CC(C)[C@H](N)C(=O)N=S1(=O)CCCC1. The summed E-state index contributed by atoms with van der Waals surface area (Å²) in [6, 6.07) is -0.603. The summed E-state index contributed by atoms with van der Waals surface area (Å²) in [5.74, 6) is 0.773. The van der Waals surface area contributed by atoms with E-state index in [4.69, 9.17) is 5.73 Å². The first-order chi connectivity index (χ1) is 6.44. The standard InChI is InChI=1S/C9H18N2O2S/c1-7(2)8(10)9(12)11-14(13)5-3-4-6-14/h7-8H,3-6,10H2,1-2H3/t8-/m0/s1. The van der Waals surface area contributed by atoms with E-state index in [0.29, 0.717) is 11.5 Å². The minimum Gasteiger partial charge on any atom is -0.320 e. The van der Waals surface area contributed by atoms with Gasteiger partial charge in [0, 0.05) is 11.5 Å². The Bertz CT molecular complexity index is 318. The van der Waals surface area contributed by atoms with Crippen molar-refractivity contribution in [1.82, 2.24) is 0 Å². The van der Waals surface area contributed by atoms with Crippen LogP contribution in [0, 0.1) is 5.92 Å². The molecule has 1 aliphatic rings. The van der Waals surface area contributed by atoms with Gasteiger partial charge < -0.3 is 5.73 Å². The zero-order valence-corrected chi connectivity index (χ0v) is 9.55. The maximum Gasteiger partial charge on any atom is 0.270 e. The van der Waals surface area contributed by atoms with Gasteiger partial charge in [-0.3, -0.25) is 4.79 Å². The lowest BCUT2D eigenvalue weighted by Crippen LogP contribution is -2.35. The summed E-state index contributed by atoms with van der Waals surface area (Å²) in [4.78, 5) is 11.5. The van der Waals surface area contributed by atoms with Crippen LogP contribution in [-0.4, -0.2) is 27.7 Å². The highest BCUT2D eigenvalue weighted by Gasteiger charge is 2.22. The number of amides is 1. The second-order valence-corrected chi connectivity index (χ2v) is 6.63. The second-order valence-electron chi connectivity index (χ2n) is 4.09. The van der Waals surface area contributed by atoms with Gasteiger partial charge in [-0.25, -0.2) is 4.21 Å². The minimum absolute atomic E-state index is 0.0515. The lowest BCUT2D eigenvalue weighted by molar-refractivity contribution is -0.119. The summed E-state index contributed by atoms with van der Waals surface area (Å²) in [6.45, 7) is 3.72. The van der Waals surface area contributed by atoms with Crippen molar-refractivity contribution in [3.63, 3.8) is 0 Å². The second kappa shape index (κ2) is 4.40. The van der Waals surface area contributed by atoms with Gasteiger partial charge in [-0.05, 0) is 18.8 Å². The summed E-state index contributed by atoms with van der Waals surface area (Å²) in [7, 11) is -2.24. The third-order valence-electron chi connectivity index (χ3n) is 2.44. The van der Waals surface area contributed by atoms with Crippen LogP contribution in [0.5, 0.6) is 0 Å². The molecule has 0 unspecified atom stereocenters. The fourth-order valence-corrected chi connectivity index (χ4v) is 3.51. The van der Waals surface area contributed by atoms with E-state index in [1.54, 1.807) is 0 Å². The third-order valence-corrected chi connectivity index (χ3v) is 4.80. The first kappa shape index (κ1) is 11.7. The van der Waals surface area contributed by atoms with Crippen molar-refractivity contribution in [2.75, 3.05) is 11.5 Å². The molecule has 5 heteroatoms. The molecule has 0 radical (unpaired) electrons. The summed E-state index contributed by atoms with van der Waals surface area (Å²) in [5.41, 5.74) is 5.63. The highest BCUT2D eigenvalue weighted by Crippen LogP contribution is 2.14. The Morgan fingerprint density at radius 2 is 1.86 bits per heavy atom. The molecule has 82 valence electrons. The fourth-order valence-electron chi connectivity index (χ4n) is 1.36. The molecule has 1 rings (SSSR count). The van der Waals surface area contributed by atoms with Gasteiger partial charge >= 0.3 is 0 Å². The molecule has 0 spiro atoms. The Hall–Kier alpha value is -0.420. The molecule has 0 saturated carbocycles. The van der Waals surface area contributed by atoms with E-state index in [1.165, 1.54) is 0 Å². The van der Waals surface area contributed by atoms with Crippen LogP contribution in [-0.2, 0) is 14.5 Å². The monoisotopic (exact) mass is 218 g/mol. The highest BCUT2D eigenvalue weighted by atomic mass is 32.2. The molecule has 0 aromatic heterocycles. The molecule has 1 amide bonds. The number of hydrogen-bond donors (Lipinski definition) is 1. The largest absolute Gasteiger partial charge is 0.320 e. The van der Waals surface area contributed by atoms with Crippen molar-refractivity contribution in [3.8, 4) is 0 Å². The van der Waals surface area contributed by atoms with Gasteiger partial charge in [0.1, 0.15) is 0 Å². The zero-order chi connectivity index (χ0) is 10.8. The quantitative estimate of drug-likeness (QED) is 0.743. The molecule has 14 heavy (non-hydrogen) atoms. The van der Waals surface area contributed by atoms with Crippen molar-refractivity contribution >= 4 is 15.6 Å². The van der Waals surface area contributed by atoms with Gasteiger partial charge in [-0.1, -0.05) is 13.8 Å². The fraction of sp³-hybridized carbons (Fsp3) is 0.889. The third kappa shape index (κ3) is 2.78. The van der Waals surface area contributed by atoms with Crippen molar-refractivity contribution < 1.29 is 9.00 Å². The van der Waals surface area contributed by atoms with Gasteiger partial charge in [-0.2, -0.15) is 4.36 Å². The number of carbonyl (C=O) groups excluding carboxylic acids is 1. The van der Waals surface area contributed by atoms with Gasteiger partial charge in [0.15, 0.2) is 0 Å². The van der Waals surface area contributed by atoms with Crippen LogP contribution in [0.4, 0.5) is 0 Å². The molecular weight excluding hydrogens is 200 g/mol. The summed E-state index contributed by atoms with van der Waals surface area (Å²) in [6.07, 6.45) is 1.82. The van der Waals surface area contributed by atoms with Crippen LogP contribution in [0.3, 0.4) is 0 Å². The van der Waals surface area contributed by atoms with Crippen molar-refractivity contribution in [1.29, 1.82) is 0 Å². The van der Waals surface area contributed by atoms with Crippen molar-refractivity contribution in [3.05, 3.63) is 0 Å². The molecule has 1 fully saturated rings. The Labute approximate surface area is 85.4 Å². The lowest BCUT2D eigenvalue weighted by Gasteiger charge is -2.11. The first-order valence-electron chi connectivity index (χ1n) is 4.96. The van der Waals surface area contributed by atoms with Crippen LogP contribution < -0.4 is 5.73 Å². The van der Waals surface area contributed by atoms with E-state index in [9.17, 15) is 9.00 Å². The Morgan fingerprint density at radius 3 is 2.29 bits per heavy atom. The number of rotatable bonds is 2. The van der Waals surface area contributed by atoms with E-state index >= 15 is 0 Å². The topological polar surface area (TPSA) is 72.5 Å². The number of hydrogen-bond acceptors (Lipinski definition) is 3. The average Bonchev–Trinajstić information content (AvgIpc) is 2.50. The molecule has 1 aliphatic heterocycles. The maximum atomic E-state index is 11.9. The van der Waals surface area contributed by atoms with Gasteiger partial charge in [-0.15, -0.1) is 0 Å². The molecule has 0 bridgehead atoms. The Balaban J connectivity index is 2.77. The molecule has 0 aromatic rings. The van der Waals surface area contributed by atoms with E-state index in [2.05, 4.69) is 4.36 Å². The first-order valence-corrected chi connectivity index (χ1v) is 6.82.